The summed E-state index contributed by atoms with van der Waals surface area (Å²) in [6.45, 7) is 8.54. The number of nitrogens with zero attached hydrogens (tertiary/aromatic N) is 3. The van der Waals surface area contributed by atoms with Crippen LogP contribution in [0.1, 0.15) is 114 Å². The molecule has 0 amide bonds. The number of carbonyl (C=O) groups is 2. The number of allylic oxidation sites excluding steroid dienone is 2. The monoisotopic (exact) mass is 928 g/mol. The van der Waals surface area contributed by atoms with Crippen LogP contribution in [0, 0.1) is 23.7 Å². The number of pyridine rings is 1. The van der Waals surface area contributed by atoms with Gasteiger partial charge in [0.15, 0.2) is 29.8 Å². The van der Waals surface area contributed by atoms with E-state index < -0.39 is 36.6 Å². The topological polar surface area (TPSA) is 138 Å². The third-order valence-electron chi connectivity index (χ3n) is 16.1. The van der Waals surface area contributed by atoms with Gasteiger partial charge in [0.25, 0.3) is 0 Å². The number of rotatable bonds is 12. The third kappa shape index (κ3) is 9.50. The fraction of sp³-hybridized carbons (Fsp3) is 0.679. The molecule has 3 unspecified atom stereocenters. The van der Waals surface area contributed by atoms with Crippen LogP contribution in [-0.2, 0) is 54.1 Å². The van der Waals surface area contributed by atoms with Crippen molar-refractivity contribution < 1.29 is 52.2 Å². The molecule has 3 aliphatic carbocycles. The number of likely N-dealkylation sites (N-methyl/N-ethyl adjacent to an activating group) is 1. The van der Waals surface area contributed by atoms with E-state index in [1.807, 2.05) is 56.3 Å². The molecule has 9 rings (SSSR count). The zero-order chi connectivity index (χ0) is 47.1. The first-order valence-electron chi connectivity index (χ1n) is 24.9. The van der Waals surface area contributed by atoms with Gasteiger partial charge in [0.2, 0.25) is 0 Å². The molecule has 0 bridgehead atoms. The van der Waals surface area contributed by atoms with E-state index >= 15 is 4.79 Å². The highest BCUT2D eigenvalue weighted by Gasteiger charge is 2.57. The van der Waals surface area contributed by atoms with Crippen LogP contribution in [-0.4, -0.2) is 129 Å². The summed E-state index contributed by atoms with van der Waals surface area (Å²) in [6, 6.07) is 14.4. The van der Waals surface area contributed by atoms with Crippen LogP contribution in [0.25, 0.3) is 5.65 Å². The van der Waals surface area contributed by atoms with Gasteiger partial charge in [0, 0.05) is 62.9 Å². The minimum Gasteiger partial charge on any atom is -0.485 e. The minimum absolute atomic E-state index is 0.00637. The molecule has 0 radical (unpaired) electrons. The summed E-state index contributed by atoms with van der Waals surface area (Å²) in [4.78, 5) is 37.3. The smallest absolute Gasteiger partial charge is 0.306 e. The first-order chi connectivity index (χ1) is 32.4. The van der Waals surface area contributed by atoms with Gasteiger partial charge in [0.1, 0.15) is 31.0 Å². The quantitative estimate of drug-likeness (QED) is 0.164. The van der Waals surface area contributed by atoms with Gasteiger partial charge in [-0.3, -0.25) is 9.59 Å². The lowest BCUT2D eigenvalue weighted by Crippen LogP contribution is -2.59. The van der Waals surface area contributed by atoms with Crippen molar-refractivity contribution in [2.75, 3.05) is 35.4 Å². The number of hydrogen-bond acceptors (Lipinski definition) is 13. The van der Waals surface area contributed by atoms with Crippen LogP contribution in [0.5, 0.6) is 5.75 Å². The summed E-state index contributed by atoms with van der Waals surface area (Å²) >= 11 is 0. The van der Waals surface area contributed by atoms with E-state index in [9.17, 15) is 4.79 Å². The average Bonchev–Trinajstić information content (AvgIpc) is 4.03. The molecular formula is C53H73N3O11. The van der Waals surface area contributed by atoms with Crippen molar-refractivity contribution >= 4 is 17.4 Å². The van der Waals surface area contributed by atoms with E-state index in [1.54, 1.807) is 21.3 Å². The second-order valence-electron chi connectivity index (χ2n) is 20.2. The SMILES string of the molecule is CC[C@H]1CCC[C@H](O[C@H]2CC[C@H](N(C)C)C(C)O2)[C@@H](C)C(=O)C2=C[C@H]3[C@@H]4C[C@H](O[C@@H]5OC(C)[C@H](OC)C(OC)[C@@H]5OC)C[C@H]4c4c(nc5c(OCc6ccccc6)cccn45)[C@H]3[C@@H]2CC(=O)O1. The number of aromatic nitrogens is 2. The molecule has 4 fully saturated rings. The van der Waals surface area contributed by atoms with E-state index in [-0.39, 0.29) is 78.5 Å². The molecule has 3 aliphatic heterocycles. The van der Waals surface area contributed by atoms with E-state index in [0.717, 1.165) is 36.2 Å². The lowest BCUT2D eigenvalue weighted by molar-refractivity contribution is -0.314. The fourth-order valence-corrected chi connectivity index (χ4v) is 12.8. The van der Waals surface area contributed by atoms with Gasteiger partial charge in [-0.25, -0.2) is 4.98 Å². The summed E-state index contributed by atoms with van der Waals surface area (Å²) < 4.78 is 59.6. The lowest BCUT2D eigenvalue weighted by Gasteiger charge is -2.44. The molecule has 14 nitrogen and oxygen atoms in total. The average molecular weight is 928 g/mol. The molecule has 1 aromatic carbocycles. The van der Waals surface area contributed by atoms with Crippen molar-refractivity contribution in [2.45, 2.75) is 171 Å². The van der Waals surface area contributed by atoms with Gasteiger partial charge in [-0.15, -0.1) is 0 Å². The fourth-order valence-electron chi connectivity index (χ4n) is 12.8. The molecule has 0 N–H and O–H groups in total. The van der Waals surface area contributed by atoms with Gasteiger partial charge in [-0.1, -0.05) is 50.3 Å². The highest BCUT2D eigenvalue weighted by molar-refractivity contribution is 5.99. The number of imidazole rings is 1. The Morgan fingerprint density at radius 1 is 0.836 bits per heavy atom. The Kier molecular flexibility index (Phi) is 14.9. The van der Waals surface area contributed by atoms with Crippen molar-refractivity contribution in [1.29, 1.82) is 0 Å². The Morgan fingerprint density at radius 3 is 2.33 bits per heavy atom. The molecule has 6 aliphatic rings. The second-order valence-corrected chi connectivity index (χ2v) is 20.2. The van der Waals surface area contributed by atoms with Crippen LogP contribution in [0.3, 0.4) is 0 Å². The minimum atomic E-state index is -0.695. The predicted octanol–water partition coefficient (Wildman–Crippen LogP) is 7.79. The maximum absolute atomic E-state index is 15.4. The zero-order valence-electron chi connectivity index (χ0n) is 40.9. The summed E-state index contributed by atoms with van der Waals surface area (Å²) in [5.41, 5.74) is 4.43. The molecule has 3 aromatic rings. The van der Waals surface area contributed by atoms with E-state index in [2.05, 4.69) is 49.5 Å². The first-order valence-corrected chi connectivity index (χ1v) is 24.9. The van der Waals surface area contributed by atoms with Crippen molar-refractivity contribution in [3.8, 4) is 5.75 Å². The van der Waals surface area contributed by atoms with Crippen molar-refractivity contribution in [2.24, 2.45) is 23.7 Å². The molecule has 17 atom stereocenters. The van der Waals surface area contributed by atoms with Crippen molar-refractivity contribution in [3.63, 3.8) is 0 Å². The summed E-state index contributed by atoms with van der Waals surface area (Å²) in [5.74, 6) is -0.792. The number of cyclic esters (lactones) is 1. The highest BCUT2D eigenvalue weighted by atomic mass is 16.7. The number of benzene rings is 1. The van der Waals surface area contributed by atoms with Gasteiger partial charge in [0.05, 0.1) is 36.5 Å². The number of ketones is 1. The highest BCUT2D eigenvalue weighted by Crippen LogP contribution is 2.62. The van der Waals surface area contributed by atoms with Crippen LogP contribution in [0.4, 0.5) is 0 Å². The molecule has 366 valence electrons. The summed E-state index contributed by atoms with van der Waals surface area (Å²) in [6.07, 6.45) is 6.82. The van der Waals surface area contributed by atoms with Crippen LogP contribution in [0.15, 0.2) is 60.3 Å². The largest absolute Gasteiger partial charge is 0.485 e. The Labute approximate surface area is 396 Å². The number of fused-ring (bicyclic) bond motifs is 10. The number of carbonyl (C=O) groups excluding carboxylic acids is 2. The maximum Gasteiger partial charge on any atom is 0.306 e. The Balaban J connectivity index is 1.09. The second kappa shape index (κ2) is 20.7. The normalized spacial score (nSPS) is 38.0. The van der Waals surface area contributed by atoms with Crippen molar-refractivity contribution in [1.82, 2.24) is 14.3 Å². The van der Waals surface area contributed by atoms with Gasteiger partial charge >= 0.3 is 5.97 Å². The van der Waals surface area contributed by atoms with Crippen molar-refractivity contribution in [3.05, 3.63) is 77.3 Å². The molecule has 2 aromatic heterocycles. The van der Waals surface area contributed by atoms with Gasteiger partial charge < -0.3 is 51.9 Å². The van der Waals surface area contributed by atoms with E-state index in [0.29, 0.717) is 61.7 Å². The standard InChI is InChI=1S/C53H73N3O11/c1-10-33-18-14-19-41(67-44-22-21-40(55(5)6)30(3)63-44)29(2)48(58)39-26-36-35-24-34(66-53-51(61-9)50(60-8)49(59-7)31(4)64-53)25-38(35)47-46(45(36)37(39)27-43(57)65-33)54-52-42(20-15-23-56(47)52)62-28-32-16-12-11-13-17-32/h11-13,15-17,20,23,26,29-31,33-38,40-41,44-45,49-51,53H,10,14,18-19,21-22,24-25,27-28H2,1-9H3/t29-,30?,31?,33+,34+,35+,36+,37-,38-,40+,41+,44+,45-,49+,50?,51+,53+/m1/s1. The van der Waals surface area contributed by atoms with Gasteiger partial charge in [-0.2, -0.15) is 0 Å². The third-order valence-corrected chi connectivity index (χ3v) is 16.1. The molecular weight excluding hydrogens is 855 g/mol. The molecule has 5 heterocycles. The van der Waals surface area contributed by atoms with Gasteiger partial charge in [-0.05, 0) is 114 Å². The molecule has 3 saturated heterocycles. The van der Waals surface area contributed by atoms with E-state index in [4.69, 9.17) is 47.6 Å². The lowest BCUT2D eigenvalue weighted by atomic mass is 9.66. The number of ether oxygens (including phenoxy) is 9. The first kappa shape index (κ1) is 48.3. The Hall–Kier alpha value is -3.73. The van der Waals surface area contributed by atoms with Crippen LogP contribution < -0.4 is 4.74 Å². The number of methoxy groups -OCH3 is 3. The number of Topliss-reactive ketones (excluding diaryl/α,β-unsaturated/α-hetero) is 1. The van der Waals surface area contributed by atoms with Crippen LogP contribution in [0.2, 0.25) is 0 Å². The predicted molar refractivity (Wildman–Crippen MR) is 250 cm³/mol. The molecule has 14 heteroatoms. The molecule has 0 spiro atoms. The van der Waals surface area contributed by atoms with E-state index in [1.165, 1.54) is 0 Å². The molecule has 1 saturated carbocycles. The summed E-state index contributed by atoms with van der Waals surface area (Å²) in [7, 11) is 9.15. The maximum atomic E-state index is 15.4. The number of esters is 1. The Morgan fingerprint density at radius 2 is 1.61 bits per heavy atom. The Bertz CT molecular complexity index is 2220. The zero-order valence-corrected chi connectivity index (χ0v) is 40.9. The summed E-state index contributed by atoms with van der Waals surface area (Å²) in [5, 5.41) is 0. The molecule has 67 heavy (non-hydrogen) atoms. The van der Waals surface area contributed by atoms with Crippen LogP contribution >= 0.6 is 0 Å². The number of hydrogen-bond donors (Lipinski definition) is 0.